The topological polar surface area (TPSA) is 0 Å². The van der Waals surface area contributed by atoms with Crippen LogP contribution < -0.4 is 0 Å². The Morgan fingerprint density at radius 3 is 1.50 bits per heavy atom. The van der Waals surface area contributed by atoms with Crippen LogP contribution in [0.15, 0.2) is 65.4 Å². The number of rotatable bonds is 4. The van der Waals surface area contributed by atoms with Crippen LogP contribution in [0.4, 0.5) is 0 Å². The molecule has 3 aromatic rings. The number of benzene rings is 3. The molecule has 3 rings (SSSR count). The third-order valence-corrected chi connectivity index (χ3v) is 6.05. The molecule has 0 atom stereocenters. The van der Waals surface area contributed by atoms with Crippen molar-refractivity contribution in [1.29, 1.82) is 0 Å². The first kappa shape index (κ1) is 18.5. The highest BCUT2D eigenvalue weighted by molar-refractivity contribution is 8.02. The van der Waals surface area contributed by atoms with Gasteiger partial charge in [0.05, 0.1) is 0 Å². The number of aryl methyl sites for hydroxylation is 2. The molecule has 0 amide bonds. The van der Waals surface area contributed by atoms with Gasteiger partial charge in [0, 0.05) is 4.90 Å². The van der Waals surface area contributed by atoms with Gasteiger partial charge in [-0.3, -0.25) is 0 Å². The minimum Gasteiger partial charge on any atom is -0.0977 e. The summed E-state index contributed by atoms with van der Waals surface area (Å²) in [6.45, 7) is 15.0. The fourth-order valence-electron chi connectivity index (χ4n) is 3.58. The molecular weight excluding hydrogens is 332 g/mol. The molecule has 0 aromatic heterocycles. The van der Waals surface area contributed by atoms with Gasteiger partial charge in [-0.15, -0.1) is 0 Å². The van der Waals surface area contributed by atoms with Crippen molar-refractivity contribution >= 4 is 11.8 Å². The number of hydrogen-bond acceptors (Lipinski definition) is 1. The van der Waals surface area contributed by atoms with E-state index in [9.17, 15) is 0 Å². The van der Waals surface area contributed by atoms with E-state index in [1.165, 1.54) is 55.0 Å². The lowest BCUT2D eigenvalue weighted by Gasteiger charge is -2.22. The zero-order valence-corrected chi connectivity index (χ0v) is 17.1. The van der Waals surface area contributed by atoms with Gasteiger partial charge in [0.25, 0.3) is 0 Å². The van der Waals surface area contributed by atoms with E-state index in [-0.39, 0.29) is 0 Å². The molecule has 0 bridgehead atoms. The van der Waals surface area contributed by atoms with Crippen LogP contribution in [0.25, 0.3) is 22.3 Å². The maximum atomic E-state index is 3.98. The molecule has 0 aliphatic rings. The maximum Gasteiger partial charge on any atom is 0.0232 e. The summed E-state index contributed by atoms with van der Waals surface area (Å²) in [6, 6.07) is 17.7. The lowest BCUT2D eigenvalue weighted by molar-refractivity contribution is 1.22. The molecule has 3 aromatic carbocycles. The van der Waals surface area contributed by atoms with Crippen molar-refractivity contribution < 1.29 is 0 Å². The van der Waals surface area contributed by atoms with Gasteiger partial charge in [-0.05, 0) is 79.0 Å². The van der Waals surface area contributed by atoms with Crippen molar-refractivity contribution in [3.63, 3.8) is 0 Å². The molecule has 132 valence electrons. The summed E-state index contributed by atoms with van der Waals surface area (Å²) >= 11 is 1.73. The van der Waals surface area contributed by atoms with Crippen LogP contribution in [-0.4, -0.2) is 0 Å². The summed E-state index contributed by atoms with van der Waals surface area (Å²) in [5, 5.41) is 1.94. The van der Waals surface area contributed by atoms with Gasteiger partial charge in [0.15, 0.2) is 0 Å². The molecule has 0 spiro atoms. The van der Waals surface area contributed by atoms with Crippen LogP contribution in [0.3, 0.4) is 0 Å². The van der Waals surface area contributed by atoms with Gasteiger partial charge >= 0.3 is 0 Å². The van der Waals surface area contributed by atoms with Crippen molar-refractivity contribution in [1.82, 2.24) is 0 Å². The molecule has 26 heavy (non-hydrogen) atoms. The average Bonchev–Trinajstić information content (AvgIpc) is 2.63. The molecule has 0 N–H and O–H groups in total. The molecular formula is C25H26S. The van der Waals surface area contributed by atoms with Gasteiger partial charge in [0.1, 0.15) is 0 Å². The number of thioether (sulfide) groups is 1. The third kappa shape index (κ3) is 3.37. The maximum absolute atomic E-state index is 3.98. The molecule has 1 heteroatoms. The third-order valence-electron chi connectivity index (χ3n) is 5.14. The van der Waals surface area contributed by atoms with Gasteiger partial charge in [-0.2, -0.15) is 0 Å². The minimum atomic E-state index is 1.28. The Hall–Kier alpha value is -2.25. The fourth-order valence-corrected chi connectivity index (χ4v) is 4.41. The highest BCUT2D eigenvalue weighted by Crippen LogP contribution is 2.44. The van der Waals surface area contributed by atoms with Crippen LogP contribution >= 0.6 is 11.8 Å². The monoisotopic (exact) mass is 358 g/mol. The SMILES string of the molecule is C=CSc1c(C)c(-c2ccc(C)cc2)c(C)c(C)c1-c1ccc(C)cc1. The molecule has 0 aliphatic carbocycles. The smallest absolute Gasteiger partial charge is 0.0232 e. The Morgan fingerprint density at radius 2 is 1.04 bits per heavy atom. The normalized spacial score (nSPS) is 10.8. The minimum absolute atomic E-state index is 1.28. The molecule has 0 radical (unpaired) electrons. The Balaban J connectivity index is 2.32. The average molecular weight is 359 g/mol. The largest absolute Gasteiger partial charge is 0.0977 e. The second kappa shape index (κ2) is 7.55. The van der Waals surface area contributed by atoms with Crippen LogP contribution in [0.1, 0.15) is 27.8 Å². The van der Waals surface area contributed by atoms with Crippen molar-refractivity contribution in [2.24, 2.45) is 0 Å². The highest BCUT2D eigenvalue weighted by Gasteiger charge is 2.19. The number of hydrogen-bond donors (Lipinski definition) is 0. The van der Waals surface area contributed by atoms with Crippen LogP contribution in [-0.2, 0) is 0 Å². The molecule has 0 aliphatic heterocycles. The molecule has 0 unspecified atom stereocenters. The Labute approximate surface area is 162 Å². The van der Waals surface area contributed by atoms with Crippen LogP contribution in [0, 0.1) is 34.6 Å². The lowest BCUT2D eigenvalue weighted by atomic mass is 9.86. The van der Waals surface area contributed by atoms with Gasteiger partial charge in [-0.25, -0.2) is 0 Å². The van der Waals surface area contributed by atoms with Crippen molar-refractivity contribution in [3.8, 4) is 22.3 Å². The van der Waals surface area contributed by atoms with E-state index in [0.717, 1.165) is 0 Å². The van der Waals surface area contributed by atoms with Crippen molar-refractivity contribution in [2.45, 2.75) is 39.5 Å². The summed E-state index contributed by atoms with van der Waals surface area (Å²) in [4.78, 5) is 1.31. The van der Waals surface area contributed by atoms with Gasteiger partial charge in [-0.1, -0.05) is 78.0 Å². The second-order valence-corrected chi connectivity index (χ2v) is 7.95. The quantitative estimate of drug-likeness (QED) is 0.429. The van der Waals surface area contributed by atoms with E-state index in [1.807, 2.05) is 5.41 Å². The summed E-state index contributed by atoms with van der Waals surface area (Å²) in [6.07, 6.45) is 0. The Kier molecular flexibility index (Phi) is 5.38. The predicted octanol–water partition coefficient (Wildman–Crippen LogP) is 7.80. The molecule has 0 saturated heterocycles. The molecule has 0 fully saturated rings. The van der Waals surface area contributed by atoms with Crippen molar-refractivity contribution in [3.05, 3.63) is 88.3 Å². The second-order valence-electron chi connectivity index (χ2n) is 6.97. The molecule has 0 saturated carbocycles. The van der Waals surface area contributed by atoms with E-state index in [2.05, 4.69) is 89.7 Å². The van der Waals surface area contributed by atoms with E-state index in [0.29, 0.717) is 0 Å². The highest BCUT2D eigenvalue weighted by atomic mass is 32.2. The predicted molar refractivity (Wildman–Crippen MR) is 117 cm³/mol. The zero-order chi connectivity index (χ0) is 18.8. The summed E-state index contributed by atoms with van der Waals surface area (Å²) < 4.78 is 0. The summed E-state index contributed by atoms with van der Waals surface area (Å²) in [7, 11) is 0. The van der Waals surface area contributed by atoms with E-state index < -0.39 is 0 Å². The first-order valence-electron chi connectivity index (χ1n) is 8.99. The van der Waals surface area contributed by atoms with E-state index in [1.54, 1.807) is 11.8 Å². The fraction of sp³-hybridized carbons (Fsp3) is 0.200. The molecule has 0 heterocycles. The lowest BCUT2D eigenvalue weighted by Crippen LogP contribution is -1.99. The van der Waals surface area contributed by atoms with Gasteiger partial charge in [0.2, 0.25) is 0 Å². The standard InChI is InChI=1S/C25H26S/c1-7-26-25-20(6)23(21-12-8-16(2)9-13-21)18(4)19(5)24(25)22-14-10-17(3)11-15-22/h7-15H,1H2,2-6H3. The molecule has 0 nitrogen and oxygen atoms in total. The Bertz CT molecular complexity index is 945. The van der Waals surface area contributed by atoms with E-state index in [4.69, 9.17) is 0 Å². The summed E-state index contributed by atoms with van der Waals surface area (Å²) in [5.41, 5.74) is 11.9. The van der Waals surface area contributed by atoms with Crippen LogP contribution in [0.2, 0.25) is 0 Å². The van der Waals surface area contributed by atoms with Crippen molar-refractivity contribution in [2.75, 3.05) is 0 Å². The summed E-state index contributed by atoms with van der Waals surface area (Å²) in [5.74, 6) is 0. The Morgan fingerprint density at radius 1 is 0.615 bits per heavy atom. The van der Waals surface area contributed by atoms with E-state index >= 15 is 0 Å². The van der Waals surface area contributed by atoms with Gasteiger partial charge < -0.3 is 0 Å². The van der Waals surface area contributed by atoms with Crippen LogP contribution in [0.5, 0.6) is 0 Å². The first-order chi connectivity index (χ1) is 12.4. The first-order valence-corrected chi connectivity index (χ1v) is 9.87. The zero-order valence-electron chi connectivity index (χ0n) is 16.3.